The van der Waals surface area contributed by atoms with Crippen LogP contribution >= 0.6 is 11.6 Å². The number of nitrogens with one attached hydrogen (secondary N) is 1. The van der Waals surface area contributed by atoms with E-state index in [0.717, 1.165) is 55.7 Å². The Morgan fingerprint density at radius 2 is 1.94 bits per heavy atom. The predicted molar refractivity (Wildman–Crippen MR) is 123 cm³/mol. The lowest BCUT2D eigenvalue weighted by Crippen LogP contribution is -2.27. The van der Waals surface area contributed by atoms with Crippen molar-refractivity contribution in [2.75, 3.05) is 36.0 Å². The van der Waals surface area contributed by atoms with E-state index in [1.165, 1.54) is 13.3 Å². The number of ether oxygens (including phenoxy) is 1. The van der Waals surface area contributed by atoms with E-state index in [1.54, 1.807) is 6.20 Å². The Kier molecular flexibility index (Phi) is 6.51. The van der Waals surface area contributed by atoms with Crippen molar-refractivity contribution < 1.29 is 9.53 Å². The summed E-state index contributed by atoms with van der Waals surface area (Å²) < 4.78 is 6.20. The van der Waals surface area contributed by atoms with Crippen molar-refractivity contribution in [3.8, 4) is 5.75 Å². The third-order valence-electron chi connectivity index (χ3n) is 5.97. The molecule has 3 atom stereocenters. The molecule has 0 radical (unpaired) electrons. The van der Waals surface area contributed by atoms with Gasteiger partial charge in [0.1, 0.15) is 16.9 Å². The normalized spacial score (nSPS) is 21.9. The van der Waals surface area contributed by atoms with Crippen LogP contribution in [0.15, 0.2) is 30.5 Å². The molecular formula is C23H30ClN5O2. The quantitative estimate of drug-likeness (QED) is 0.731. The Morgan fingerprint density at radius 1 is 1.19 bits per heavy atom. The zero-order valence-corrected chi connectivity index (χ0v) is 19.1. The van der Waals surface area contributed by atoms with Crippen LogP contribution in [-0.4, -0.2) is 48.2 Å². The summed E-state index contributed by atoms with van der Waals surface area (Å²) in [5.74, 6) is 3.00. The second-order valence-electron chi connectivity index (χ2n) is 8.65. The summed E-state index contributed by atoms with van der Waals surface area (Å²) in [5, 5.41) is 3.47. The molecule has 4 rings (SSSR count). The van der Waals surface area contributed by atoms with Crippen LogP contribution in [-0.2, 0) is 4.79 Å². The van der Waals surface area contributed by atoms with E-state index in [2.05, 4.69) is 27.0 Å². The van der Waals surface area contributed by atoms with Crippen molar-refractivity contribution in [3.63, 3.8) is 0 Å². The number of nitrogens with zero attached hydrogens (tertiary/aromatic N) is 4. The number of anilines is 2. The Morgan fingerprint density at radius 3 is 2.61 bits per heavy atom. The summed E-state index contributed by atoms with van der Waals surface area (Å²) in [6.45, 7) is 9.30. The summed E-state index contributed by atoms with van der Waals surface area (Å²) >= 11 is 6.45. The van der Waals surface area contributed by atoms with Crippen LogP contribution in [0.4, 0.5) is 11.8 Å². The van der Waals surface area contributed by atoms with Crippen LogP contribution in [0.2, 0.25) is 5.02 Å². The van der Waals surface area contributed by atoms with Crippen molar-refractivity contribution >= 4 is 29.3 Å². The minimum Gasteiger partial charge on any atom is -0.489 e. The fourth-order valence-corrected chi connectivity index (χ4v) is 4.48. The molecule has 0 bridgehead atoms. The van der Waals surface area contributed by atoms with Crippen LogP contribution in [0.3, 0.4) is 0 Å². The Labute approximate surface area is 188 Å². The van der Waals surface area contributed by atoms with Gasteiger partial charge >= 0.3 is 0 Å². The van der Waals surface area contributed by atoms with Gasteiger partial charge in [-0.05, 0) is 37.0 Å². The molecular weight excluding hydrogens is 414 g/mol. The Hall–Kier alpha value is -2.54. The van der Waals surface area contributed by atoms with E-state index in [1.807, 2.05) is 31.2 Å². The second kappa shape index (κ2) is 9.30. The molecule has 0 saturated carbocycles. The molecule has 2 aliphatic heterocycles. The summed E-state index contributed by atoms with van der Waals surface area (Å²) in [5.41, 5.74) is 1.05. The second-order valence-corrected chi connectivity index (χ2v) is 9.05. The third kappa shape index (κ3) is 5.21. The maximum Gasteiger partial charge on any atom is 0.227 e. The maximum atomic E-state index is 11.2. The van der Waals surface area contributed by atoms with E-state index in [-0.39, 0.29) is 18.1 Å². The lowest BCUT2D eigenvalue weighted by atomic mass is 10.1. The molecule has 1 aromatic heterocycles. The van der Waals surface area contributed by atoms with Gasteiger partial charge in [-0.3, -0.25) is 4.79 Å². The van der Waals surface area contributed by atoms with Crippen LogP contribution in [0.25, 0.3) is 0 Å². The highest BCUT2D eigenvalue weighted by molar-refractivity contribution is 6.32. The van der Waals surface area contributed by atoms with E-state index < -0.39 is 0 Å². The van der Waals surface area contributed by atoms with Crippen molar-refractivity contribution in [1.82, 2.24) is 15.3 Å². The largest absolute Gasteiger partial charge is 0.489 e. The zero-order valence-electron chi connectivity index (χ0n) is 18.3. The van der Waals surface area contributed by atoms with Crippen molar-refractivity contribution in [2.45, 2.75) is 45.8 Å². The number of carbonyl (C=O) groups is 1. The zero-order chi connectivity index (χ0) is 22.0. The number of hydrogen-bond acceptors (Lipinski definition) is 6. The summed E-state index contributed by atoms with van der Waals surface area (Å²) in [6, 6.07) is 7.88. The van der Waals surface area contributed by atoms with Gasteiger partial charge in [-0.25, -0.2) is 4.98 Å². The van der Waals surface area contributed by atoms with Gasteiger partial charge in [0.25, 0.3) is 0 Å². The molecule has 1 N–H and O–H groups in total. The number of benzene rings is 1. The third-order valence-corrected chi connectivity index (χ3v) is 6.23. The standard InChI is InChI=1S/C23H30ClN5O2/c1-15-8-10-29(13-15)23-25-12-21(24)22(27-23)28-11-9-20(14-28)31-19-6-4-18(5-7-19)16(2)26-17(3)30/h4-7,12,15-16,20H,8-11,13-14H2,1-3H3,(H,26,30)/t15?,16-,20+/m0/s1. The molecule has 166 valence electrons. The highest BCUT2D eigenvalue weighted by Crippen LogP contribution is 2.31. The maximum absolute atomic E-state index is 11.2. The highest BCUT2D eigenvalue weighted by atomic mass is 35.5. The van der Waals surface area contributed by atoms with Gasteiger partial charge in [-0.2, -0.15) is 4.98 Å². The number of amides is 1. The van der Waals surface area contributed by atoms with Crippen molar-refractivity contribution in [1.29, 1.82) is 0 Å². The van der Waals surface area contributed by atoms with Gasteiger partial charge < -0.3 is 19.9 Å². The first-order valence-electron chi connectivity index (χ1n) is 10.9. The van der Waals surface area contributed by atoms with Crippen molar-refractivity contribution in [3.05, 3.63) is 41.0 Å². The van der Waals surface area contributed by atoms with E-state index in [0.29, 0.717) is 10.9 Å². The first kappa shape index (κ1) is 21.7. The molecule has 3 heterocycles. The van der Waals surface area contributed by atoms with Crippen LogP contribution < -0.4 is 19.9 Å². The van der Waals surface area contributed by atoms with E-state index >= 15 is 0 Å². The molecule has 2 aromatic rings. The number of hydrogen-bond donors (Lipinski definition) is 1. The Bertz CT molecular complexity index is 923. The van der Waals surface area contributed by atoms with Crippen LogP contribution in [0, 0.1) is 5.92 Å². The first-order chi connectivity index (χ1) is 14.9. The van der Waals surface area contributed by atoms with Crippen molar-refractivity contribution in [2.24, 2.45) is 5.92 Å². The molecule has 1 amide bonds. The average molecular weight is 444 g/mol. The summed E-state index contributed by atoms with van der Waals surface area (Å²) in [6.07, 6.45) is 3.86. The average Bonchev–Trinajstić information content (AvgIpc) is 3.37. The summed E-state index contributed by atoms with van der Waals surface area (Å²) in [4.78, 5) is 24.9. The minimum absolute atomic E-state index is 0.0266. The fourth-order valence-electron chi connectivity index (χ4n) is 4.27. The number of rotatable bonds is 6. The molecule has 7 nitrogen and oxygen atoms in total. The molecule has 0 spiro atoms. The molecule has 31 heavy (non-hydrogen) atoms. The minimum atomic E-state index is -0.0374. The number of halogens is 1. The van der Waals surface area contributed by atoms with Gasteiger partial charge in [0, 0.05) is 33.0 Å². The van der Waals surface area contributed by atoms with Gasteiger partial charge in [0.2, 0.25) is 11.9 Å². The monoisotopic (exact) mass is 443 g/mol. The van der Waals surface area contributed by atoms with Gasteiger partial charge in [-0.1, -0.05) is 30.7 Å². The first-order valence-corrected chi connectivity index (χ1v) is 11.3. The van der Waals surface area contributed by atoms with Crippen LogP contribution in [0.1, 0.15) is 45.2 Å². The molecule has 0 aliphatic carbocycles. The lowest BCUT2D eigenvalue weighted by molar-refractivity contribution is -0.119. The van der Waals surface area contributed by atoms with E-state index in [4.69, 9.17) is 21.3 Å². The molecule has 2 aliphatic rings. The molecule has 2 saturated heterocycles. The smallest absolute Gasteiger partial charge is 0.227 e. The van der Waals surface area contributed by atoms with Crippen LogP contribution in [0.5, 0.6) is 5.75 Å². The lowest BCUT2D eigenvalue weighted by Gasteiger charge is -2.22. The molecule has 1 aromatic carbocycles. The summed E-state index contributed by atoms with van der Waals surface area (Å²) in [7, 11) is 0. The number of carbonyl (C=O) groups excluding carboxylic acids is 1. The number of aromatic nitrogens is 2. The highest BCUT2D eigenvalue weighted by Gasteiger charge is 2.28. The molecule has 1 unspecified atom stereocenters. The van der Waals surface area contributed by atoms with Gasteiger partial charge in [0.05, 0.1) is 18.8 Å². The molecule has 2 fully saturated rings. The predicted octanol–water partition coefficient (Wildman–Crippen LogP) is 3.83. The Balaban J connectivity index is 1.38. The SMILES string of the molecule is CC(=O)N[C@@H](C)c1ccc(O[C@@H]2CCN(c3nc(N4CCC(C)C4)ncc3Cl)C2)cc1. The fraction of sp³-hybridized carbons (Fsp3) is 0.522. The molecule has 8 heteroatoms. The topological polar surface area (TPSA) is 70.6 Å². The van der Waals surface area contributed by atoms with E-state index in [9.17, 15) is 4.79 Å². The van der Waals surface area contributed by atoms with Gasteiger partial charge in [-0.15, -0.1) is 0 Å². The van der Waals surface area contributed by atoms with Gasteiger partial charge in [0.15, 0.2) is 5.82 Å².